The standard InChI is InChI=1S/C9H7.C4H10N.C3H10OSi.C2H6O.CH3.2ClH.Si.Ti/c1-2-5-9-7-3-6-8(9)4-1;1-4(2,3)5;1-5(2,3)4;1-2-3;;;;;/h1-7H;5H,1-3H3;4H,1-3H3;3H,2H2,1H3;1H3;2*1H;;/q2*-1;;;-1;;;;. The van der Waals surface area contributed by atoms with Gasteiger partial charge in [-0.1, -0.05) is 26.8 Å². The molecule has 0 bridgehead atoms. The van der Waals surface area contributed by atoms with E-state index in [1.807, 2.05) is 40.4 Å². The molecule has 2 aromatic rings. The van der Waals surface area contributed by atoms with E-state index in [1.165, 1.54) is 10.8 Å². The van der Waals surface area contributed by atoms with Crippen molar-refractivity contribution in [3.63, 3.8) is 0 Å². The number of hydrogen-bond donors (Lipinski definition) is 2. The SMILES string of the molecule is CC(C)(C)[NH-].CCO.C[Si](C)(C)O.Cl.Cl.[CH3-].[Si]=[Ti].c1ccc2[cH-]ccc2c1. The van der Waals surface area contributed by atoms with E-state index in [2.05, 4.69) is 50.1 Å². The molecule has 0 spiro atoms. The minimum absolute atomic E-state index is 0. The molecule has 0 fully saturated rings. The van der Waals surface area contributed by atoms with Crippen LogP contribution in [0.1, 0.15) is 27.7 Å². The monoisotopic (exact) mass is 486 g/mol. The molecular formula is C19H38Cl2NO2Si2Ti-3. The molecule has 0 aliphatic heterocycles. The molecule has 0 aliphatic carbocycles. The Morgan fingerprint density at radius 2 is 1.37 bits per heavy atom. The minimum atomic E-state index is -1.61. The minimum Gasteiger partial charge on any atom is -0.168 e. The Labute approximate surface area is 194 Å². The van der Waals surface area contributed by atoms with Crippen molar-refractivity contribution >= 4 is 51.5 Å². The topological polar surface area (TPSA) is 64.3 Å². The third-order valence-electron chi connectivity index (χ3n) is 1.55. The van der Waals surface area contributed by atoms with Gasteiger partial charge in [0.05, 0.1) is 0 Å². The number of halogens is 2. The van der Waals surface area contributed by atoms with E-state index in [0.29, 0.717) is 0 Å². The normalized spacial score (nSPS) is 8.63. The molecule has 3 nitrogen and oxygen atoms in total. The number of nitrogens with one attached hydrogen (secondary N) is 1. The maximum Gasteiger partial charge on any atom is -0.0809 e. The van der Waals surface area contributed by atoms with Crippen LogP contribution in [0.4, 0.5) is 0 Å². The maximum atomic E-state index is 8.66. The summed E-state index contributed by atoms with van der Waals surface area (Å²) in [5.74, 6) is 0. The van der Waals surface area contributed by atoms with Gasteiger partial charge in [0.2, 0.25) is 0 Å². The first-order chi connectivity index (χ1) is 10.9. The van der Waals surface area contributed by atoms with Gasteiger partial charge >= 0.3 is 26.8 Å². The molecule has 27 heavy (non-hydrogen) atoms. The van der Waals surface area contributed by atoms with Crippen LogP contribution in [0.15, 0.2) is 42.5 Å². The van der Waals surface area contributed by atoms with E-state index in [-0.39, 0.29) is 44.4 Å². The largest absolute Gasteiger partial charge is 0.168 e. The van der Waals surface area contributed by atoms with Crippen molar-refractivity contribution in [1.82, 2.24) is 0 Å². The molecule has 0 aliphatic rings. The zero-order valence-electron chi connectivity index (χ0n) is 18.0. The first-order valence-corrected chi connectivity index (χ1v) is 14.1. The van der Waals surface area contributed by atoms with Crippen LogP contribution in [0.5, 0.6) is 0 Å². The fraction of sp³-hybridized carbons (Fsp3) is 0.474. The van der Waals surface area contributed by atoms with Crippen molar-refractivity contribution in [3.8, 4) is 0 Å². The van der Waals surface area contributed by atoms with Crippen LogP contribution in [0.2, 0.25) is 19.6 Å². The molecule has 160 valence electrons. The van der Waals surface area contributed by atoms with Gasteiger partial charge in [0.25, 0.3) is 0 Å². The van der Waals surface area contributed by atoms with Gasteiger partial charge in [0.1, 0.15) is 0 Å². The van der Waals surface area contributed by atoms with Crippen LogP contribution in [-0.4, -0.2) is 38.0 Å². The third-order valence-corrected chi connectivity index (χ3v) is 1.55. The molecule has 0 heterocycles. The van der Waals surface area contributed by atoms with E-state index in [1.54, 1.807) is 26.1 Å². The van der Waals surface area contributed by atoms with E-state index in [4.69, 9.17) is 15.6 Å². The van der Waals surface area contributed by atoms with Gasteiger partial charge in [-0.3, -0.25) is 0 Å². The number of aliphatic hydroxyl groups is 1. The third kappa shape index (κ3) is 51.9. The second-order valence-corrected chi connectivity index (χ2v) is 11.2. The zero-order chi connectivity index (χ0) is 19.8. The summed E-state index contributed by atoms with van der Waals surface area (Å²) in [4.78, 5) is 8.66. The fourth-order valence-electron chi connectivity index (χ4n) is 1.07. The number of aliphatic hydroxyl groups excluding tert-OH is 1. The van der Waals surface area contributed by atoms with Crippen molar-refractivity contribution in [2.45, 2.75) is 52.9 Å². The average Bonchev–Trinajstić information content (AvgIpc) is 2.86. The molecule has 0 saturated carbocycles. The summed E-state index contributed by atoms with van der Waals surface area (Å²) < 4.78 is 0. The van der Waals surface area contributed by atoms with Gasteiger partial charge in [-0.05, 0) is 26.6 Å². The van der Waals surface area contributed by atoms with Crippen molar-refractivity contribution in [1.29, 1.82) is 0 Å². The quantitative estimate of drug-likeness (QED) is 0.348. The molecule has 8 heteroatoms. The molecule has 2 rings (SSSR count). The van der Waals surface area contributed by atoms with Gasteiger partial charge in [0.15, 0.2) is 8.32 Å². The van der Waals surface area contributed by atoms with Crippen molar-refractivity contribution in [3.05, 3.63) is 55.6 Å². The molecule has 0 unspecified atom stereocenters. The Morgan fingerprint density at radius 1 is 1.07 bits per heavy atom. The Bertz CT molecular complexity index is 462. The van der Waals surface area contributed by atoms with Crippen molar-refractivity contribution in [2.75, 3.05) is 6.61 Å². The van der Waals surface area contributed by atoms with Gasteiger partial charge in [0, 0.05) is 6.61 Å². The van der Waals surface area contributed by atoms with Gasteiger partial charge in [-0.2, -0.15) is 17.5 Å². The van der Waals surface area contributed by atoms with E-state index in [9.17, 15) is 0 Å². The molecule has 0 amide bonds. The smallest absolute Gasteiger partial charge is 0.0809 e. The van der Waals surface area contributed by atoms with Crippen LogP contribution >= 0.6 is 24.8 Å². The van der Waals surface area contributed by atoms with Gasteiger partial charge in [-0.25, -0.2) is 0 Å². The Hall–Kier alpha value is 0.438. The predicted molar refractivity (Wildman–Crippen MR) is 129 cm³/mol. The van der Waals surface area contributed by atoms with E-state index in [0.717, 1.165) is 0 Å². The molecule has 0 atom stereocenters. The van der Waals surface area contributed by atoms with Crippen LogP contribution in [0, 0.1) is 7.43 Å². The zero-order valence-corrected chi connectivity index (χ0v) is 23.2. The van der Waals surface area contributed by atoms with Crippen LogP contribution in [-0.2, 0) is 19.2 Å². The molecule has 2 aromatic carbocycles. The number of rotatable bonds is 0. The van der Waals surface area contributed by atoms with Crippen LogP contribution in [0.3, 0.4) is 0 Å². The van der Waals surface area contributed by atoms with Crippen molar-refractivity contribution in [2.24, 2.45) is 0 Å². The summed E-state index contributed by atoms with van der Waals surface area (Å²) in [6.45, 7) is 13.1. The second-order valence-electron chi connectivity index (χ2n) is 6.89. The number of hydrogen-bond acceptors (Lipinski definition) is 2. The maximum absolute atomic E-state index is 8.66. The number of benzene rings is 1. The Kier molecular flexibility index (Phi) is 37.8. The molecular weight excluding hydrogens is 449 g/mol. The summed E-state index contributed by atoms with van der Waals surface area (Å²) >= 11 is 1.81. The van der Waals surface area contributed by atoms with Crippen LogP contribution < -0.4 is 0 Å². The van der Waals surface area contributed by atoms with E-state index >= 15 is 0 Å². The summed E-state index contributed by atoms with van der Waals surface area (Å²) in [5.41, 5.74) is 6.69. The number of fused-ring (bicyclic) bond motifs is 1. The molecule has 3 N–H and O–H groups in total. The van der Waals surface area contributed by atoms with Gasteiger partial charge < -0.3 is 23.1 Å². The fourth-order valence-corrected chi connectivity index (χ4v) is 1.07. The molecule has 2 radical (unpaired) electrons. The summed E-state index contributed by atoms with van der Waals surface area (Å²) in [7, 11) is 1.36. The first kappa shape index (κ1) is 41.7. The summed E-state index contributed by atoms with van der Waals surface area (Å²) in [6.07, 6.45) is 0. The molecule has 0 saturated heterocycles. The van der Waals surface area contributed by atoms with Crippen LogP contribution in [0.25, 0.3) is 16.5 Å². The first-order valence-electron chi connectivity index (χ1n) is 7.82. The Balaban J connectivity index is -0.0000000547. The predicted octanol–water partition coefficient (Wildman–Crippen LogP) is 6.12. The summed E-state index contributed by atoms with van der Waals surface area (Å²) in [5, 5.41) is 10.2. The van der Waals surface area contributed by atoms with Gasteiger partial charge in [-0.15, -0.1) is 60.0 Å². The average molecular weight is 487 g/mol. The second kappa shape index (κ2) is 24.5. The summed E-state index contributed by atoms with van der Waals surface area (Å²) in [6, 6.07) is 14.7. The molecule has 0 aromatic heterocycles. The Morgan fingerprint density at radius 3 is 1.67 bits per heavy atom. The van der Waals surface area contributed by atoms with E-state index < -0.39 is 8.32 Å². The van der Waals surface area contributed by atoms with Crippen molar-refractivity contribution < 1.29 is 29.1 Å².